The van der Waals surface area contributed by atoms with Crippen molar-refractivity contribution < 1.29 is 14.3 Å². The zero-order chi connectivity index (χ0) is 23.7. The van der Waals surface area contributed by atoms with E-state index in [4.69, 9.17) is 9.47 Å². The van der Waals surface area contributed by atoms with E-state index in [1.54, 1.807) is 6.08 Å². The Labute approximate surface area is 201 Å². The van der Waals surface area contributed by atoms with Gasteiger partial charge in [-0.05, 0) is 110 Å². The van der Waals surface area contributed by atoms with Gasteiger partial charge in [-0.3, -0.25) is 0 Å². The molecule has 0 N–H and O–H groups in total. The molecule has 5 fully saturated rings. The van der Waals surface area contributed by atoms with Crippen LogP contribution in [0.5, 0.6) is 0 Å². The quantitative estimate of drug-likeness (QED) is 0.372. The monoisotopic (exact) mass is 454 g/mol. The molecule has 184 valence electrons. The van der Waals surface area contributed by atoms with Crippen LogP contribution in [0.25, 0.3) is 0 Å². The summed E-state index contributed by atoms with van der Waals surface area (Å²) >= 11 is 0. The SMILES string of the molecule is CC1(C)CCC23CCC4(C)C(CCC5C6(C)C=CC(=O)OC(C)(C)C6CCC54C)C2C1OC3. The average molecular weight is 455 g/mol. The van der Waals surface area contributed by atoms with Crippen molar-refractivity contribution in [3.8, 4) is 0 Å². The van der Waals surface area contributed by atoms with Gasteiger partial charge in [-0.15, -0.1) is 0 Å². The molecule has 9 unspecified atom stereocenters. The molecule has 2 aliphatic heterocycles. The molecular formula is C30H46O3. The van der Waals surface area contributed by atoms with Crippen LogP contribution >= 0.6 is 0 Å². The molecule has 9 atom stereocenters. The first-order chi connectivity index (χ1) is 15.3. The fraction of sp³-hybridized carbons (Fsp3) is 0.900. The smallest absolute Gasteiger partial charge is 0.330 e. The Bertz CT molecular complexity index is 902. The highest BCUT2D eigenvalue weighted by Gasteiger charge is 2.72. The molecule has 3 nitrogen and oxygen atoms in total. The van der Waals surface area contributed by atoms with Gasteiger partial charge in [0.25, 0.3) is 0 Å². The van der Waals surface area contributed by atoms with Gasteiger partial charge in [0.15, 0.2) is 0 Å². The molecule has 0 amide bonds. The van der Waals surface area contributed by atoms with Gasteiger partial charge in [-0.25, -0.2) is 4.79 Å². The van der Waals surface area contributed by atoms with Crippen molar-refractivity contribution >= 4 is 5.97 Å². The lowest BCUT2D eigenvalue weighted by atomic mass is 9.33. The Hall–Kier alpha value is -0.830. The summed E-state index contributed by atoms with van der Waals surface area (Å²) in [5.74, 6) is 2.32. The van der Waals surface area contributed by atoms with Gasteiger partial charge in [0.2, 0.25) is 0 Å². The third-order valence-corrected chi connectivity index (χ3v) is 13.1. The predicted octanol–water partition coefficient (Wildman–Crippen LogP) is 6.95. The van der Waals surface area contributed by atoms with Gasteiger partial charge >= 0.3 is 5.97 Å². The maximum absolute atomic E-state index is 12.5. The minimum absolute atomic E-state index is 0.00704. The summed E-state index contributed by atoms with van der Waals surface area (Å²) in [4.78, 5) is 12.5. The summed E-state index contributed by atoms with van der Waals surface area (Å²) in [6, 6.07) is 0. The number of esters is 1. The van der Waals surface area contributed by atoms with Gasteiger partial charge in [0, 0.05) is 12.0 Å². The lowest BCUT2D eigenvalue weighted by Crippen LogP contribution is -2.66. The fourth-order valence-corrected chi connectivity index (χ4v) is 11.2. The molecule has 0 aromatic heterocycles. The summed E-state index contributed by atoms with van der Waals surface area (Å²) < 4.78 is 12.7. The van der Waals surface area contributed by atoms with Gasteiger partial charge in [-0.2, -0.15) is 0 Å². The van der Waals surface area contributed by atoms with E-state index in [1.165, 1.54) is 44.9 Å². The second-order valence-corrected chi connectivity index (χ2v) is 15.0. The Balaban J connectivity index is 1.42. The second kappa shape index (κ2) is 6.48. The molecule has 4 saturated carbocycles. The number of hydrogen-bond donors (Lipinski definition) is 0. The zero-order valence-electron chi connectivity index (χ0n) is 22.1. The van der Waals surface area contributed by atoms with Crippen molar-refractivity contribution in [1.82, 2.24) is 0 Å². The maximum Gasteiger partial charge on any atom is 0.330 e. The molecule has 2 heterocycles. The summed E-state index contributed by atoms with van der Waals surface area (Å²) in [6.07, 6.45) is 14.9. The molecule has 6 aliphatic rings. The van der Waals surface area contributed by atoms with Crippen LogP contribution in [-0.4, -0.2) is 24.3 Å². The van der Waals surface area contributed by atoms with Crippen LogP contribution in [0.3, 0.4) is 0 Å². The van der Waals surface area contributed by atoms with Crippen LogP contribution in [0.4, 0.5) is 0 Å². The maximum atomic E-state index is 12.5. The third kappa shape index (κ3) is 2.64. The molecular weight excluding hydrogens is 408 g/mol. The number of cyclic esters (lactones) is 1. The lowest BCUT2D eigenvalue weighted by molar-refractivity contribution is -0.231. The van der Waals surface area contributed by atoms with Crippen LogP contribution in [0.2, 0.25) is 0 Å². The molecule has 6 rings (SSSR count). The van der Waals surface area contributed by atoms with E-state index < -0.39 is 5.60 Å². The summed E-state index contributed by atoms with van der Waals surface area (Å²) in [5, 5.41) is 0. The van der Waals surface area contributed by atoms with Crippen molar-refractivity contribution in [2.24, 2.45) is 50.7 Å². The Morgan fingerprint density at radius 3 is 2.30 bits per heavy atom. The van der Waals surface area contributed by atoms with Crippen molar-refractivity contribution in [3.05, 3.63) is 12.2 Å². The van der Waals surface area contributed by atoms with E-state index in [9.17, 15) is 4.79 Å². The van der Waals surface area contributed by atoms with Gasteiger partial charge in [-0.1, -0.05) is 40.7 Å². The van der Waals surface area contributed by atoms with Crippen LogP contribution in [0.1, 0.15) is 99.8 Å². The van der Waals surface area contributed by atoms with E-state index >= 15 is 0 Å². The van der Waals surface area contributed by atoms with Crippen molar-refractivity contribution in [3.63, 3.8) is 0 Å². The molecule has 1 saturated heterocycles. The minimum Gasteiger partial charge on any atom is -0.456 e. The highest BCUT2D eigenvalue weighted by Crippen LogP contribution is 2.76. The Kier molecular flexibility index (Phi) is 4.44. The van der Waals surface area contributed by atoms with E-state index in [2.05, 4.69) is 54.5 Å². The van der Waals surface area contributed by atoms with Crippen LogP contribution < -0.4 is 0 Å². The normalized spacial score (nSPS) is 56.0. The lowest BCUT2D eigenvalue weighted by Gasteiger charge is -2.71. The number of rotatable bonds is 0. The summed E-state index contributed by atoms with van der Waals surface area (Å²) in [7, 11) is 0. The van der Waals surface area contributed by atoms with Crippen molar-refractivity contribution in [1.29, 1.82) is 0 Å². The molecule has 2 bridgehead atoms. The highest BCUT2D eigenvalue weighted by molar-refractivity contribution is 5.83. The van der Waals surface area contributed by atoms with E-state index in [0.717, 1.165) is 24.9 Å². The third-order valence-electron chi connectivity index (χ3n) is 13.1. The zero-order valence-corrected chi connectivity index (χ0v) is 22.1. The molecule has 0 aromatic carbocycles. The first-order valence-electron chi connectivity index (χ1n) is 13.8. The largest absolute Gasteiger partial charge is 0.456 e. The second-order valence-electron chi connectivity index (χ2n) is 15.0. The minimum atomic E-state index is -0.411. The molecule has 3 heteroatoms. The number of allylic oxidation sites excluding steroid dienone is 1. The topological polar surface area (TPSA) is 35.5 Å². The number of carbonyl (C=O) groups is 1. The molecule has 4 aliphatic carbocycles. The average Bonchev–Trinajstić information content (AvgIpc) is 3.01. The number of carbonyl (C=O) groups excluding carboxylic acids is 1. The van der Waals surface area contributed by atoms with Gasteiger partial charge in [0.05, 0.1) is 12.7 Å². The van der Waals surface area contributed by atoms with E-state index in [1.807, 2.05) is 0 Å². The predicted molar refractivity (Wildman–Crippen MR) is 130 cm³/mol. The Morgan fingerprint density at radius 2 is 1.55 bits per heavy atom. The van der Waals surface area contributed by atoms with Crippen LogP contribution in [0, 0.1) is 50.7 Å². The fourth-order valence-electron chi connectivity index (χ4n) is 11.2. The van der Waals surface area contributed by atoms with E-state index in [-0.39, 0.29) is 16.8 Å². The van der Waals surface area contributed by atoms with Crippen LogP contribution in [-0.2, 0) is 14.3 Å². The molecule has 0 spiro atoms. The number of ether oxygens (including phenoxy) is 2. The molecule has 33 heavy (non-hydrogen) atoms. The first kappa shape index (κ1) is 22.6. The number of hydrogen-bond acceptors (Lipinski definition) is 3. The van der Waals surface area contributed by atoms with E-state index in [0.29, 0.717) is 34.2 Å². The highest BCUT2D eigenvalue weighted by atomic mass is 16.6. The standard InChI is InChI=1S/C30H46O3/c1-25(2)14-16-30-17-15-28(6)19(23(30)24(25)32-18-30)8-9-21-27(5)12-11-22(31)33-26(3,4)20(27)10-13-29(21,28)7/h11-12,19-21,23-24H,8-10,13-18H2,1-7H3. The van der Waals surface area contributed by atoms with Crippen molar-refractivity contribution in [2.45, 2.75) is 112 Å². The van der Waals surface area contributed by atoms with Gasteiger partial charge < -0.3 is 9.47 Å². The van der Waals surface area contributed by atoms with Gasteiger partial charge in [0.1, 0.15) is 5.60 Å². The number of fused-ring (bicyclic) bond motifs is 5. The van der Waals surface area contributed by atoms with Crippen LogP contribution in [0.15, 0.2) is 12.2 Å². The molecule has 0 aromatic rings. The summed E-state index contributed by atoms with van der Waals surface area (Å²) in [6.45, 7) is 18.0. The first-order valence-corrected chi connectivity index (χ1v) is 13.8. The van der Waals surface area contributed by atoms with Crippen molar-refractivity contribution in [2.75, 3.05) is 6.61 Å². The molecule has 0 radical (unpaired) electrons. The Morgan fingerprint density at radius 1 is 0.818 bits per heavy atom. The summed E-state index contributed by atoms with van der Waals surface area (Å²) in [5.41, 5.74) is 0.970.